The number of urea groups is 1. The Kier molecular flexibility index (Phi) is 6.96. The Labute approximate surface area is 131 Å². The number of carbonyl (C=O) groups excluding carboxylic acids is 1. The summed E-state index contributed by atoms with van der Waals surface area (Å²) < 4.78 is 0. The number of fused-ring (bicyclic) bond motifs is 1. The highest BCUT2D eigenvalue weighted by atomic mass is 32.2. The molecule has 0 saturated carbocycles. The molecular formula is C12H20N4O5S. The van der Waals surface area contributed by atoms with Crippen LogP contribution in [-0.2, 0) is 9.59 Å². The van der Waals surface area contributed by atoms with Crippen molar-refractivity contribution < 1.29 is 24.6 Å². The van der Waals surface area contributed by atoms with Crippen molar-refractivity contribution in [3.05, 3.63) is 0 Å². The first kappa shape index (κ1) is 18.1. The number of hydrogen-bond acceptors (Lipinski definition) is 5. The third-order valence-electron chi connectivity index (χ3n) is 3.30. The first-order valence-corrected chi connectivity index (χ1v) is 7.84. The van der Waals surface area contributed by atoms with Crippen molar-refractivity contribution in [1.29, 1.82) is 5.41 Å². The van der Waals surface area contributed by atoms with E-state index in [0.29, 0.717) is 5.25 Å². The number of hydrogen-bond donors (Lipinski definition) is 6. The van der Waals surface area contributed by atoms with Crippen LogP contribution in [0.25, 0.3) is 0 Å². The summed E-state index contributed by atoms with van der Waals surface area (Å²) in [5.41, 5.74) is 4.42. The van der Waals surface area contributed by atoms with Crippen LogP contribution >= 0.6 is 11.8 Å². The maximum atomic E-state index is 11.1. The third-order valence-corrected chi connectivity index (χ3v) is 4.81. The maximum absolute atomic E-state index is 11.1. The van der Waals surface area contributed by atoms with Crippen LogP contribution < -0.4 is 16.4 Å². The van der Waals surface area contributed by atoms with Crippen LogP contribution in [0.4, 0.5) is 4.79 Å². The van der Waals surface area contributed by atoms with Gasteiger partial charge >= 0.3 is 18.0 Å². The van der Waals surface area contributed by atoms with Gasteiger partial charge in [-0.1, -0.05) is 6.42 Å². The topological polar surface area (TPSA) is 166 Å². The monoisotopic (exact) mass is 334 g/mol. The van der Waals surface area contributed by atoms with Gasteiger partial charge < -0.3 is 26.6 Å². The van der Waals surface area contributed by atoms with E-state index in [4.69, 9.17) is 15.6 Å². The van der Waals surface area contributed by atoms with Crippen LogP contribution in [-0.4, -0.2) is 57.1 Å². The molecule has 2 rings (SSSR count). The van der Waals surface area contributed by atoms with Crippen molar-refractivity contribution in [3.8, 4) is 0 Å². The lowest BCUT2D eigenvalue weighted by Crippen LogP contribution is -2.36. The number of rotatable bonds is 5. The van der Waals surface area contributed by atoms with Gasteiger partial charge in [0, 0.05) is 17.4 Å². The minimum atomic E-state index is -1.38. The number of carboxylic acids is 2. The summed E-state index contributed by atoms with van der Waals surface area (Å²) >= 11 is 1.87. The molecule has 0 unspecified atom stereocenters. The first-order chi connectivity index (χ1) is 10.3. The molecule has 2 heterocycles. The number of thioether (sulfide) groups is 1. The van der Waals surface area contributed by atoms with Gasteiger partial charge in [-0.25, -0.2) is 9.59 Å². The Morgan fingerprint density at radius 3 is 2.64 bits per heavy atom. The highest BCUT2D eigenvalue weighted by molar-refractivity contribution is 8.00. The van der Waals surface area contributed by atoms with Crippen LogP contribution in [0.3, 0.4) is 0 Å². The van der Waals surface area contributed by atoms with Crippen molar-refractivity contribution in [1.82, 2.24) is 10.6 Å². The quantitative estimate of drug-likeness (QED) is 0.175. The van der Waals surface area contributed by atoms with Crippen molar-refractivity contribution in [3.63, 3.8) is 0 Å². The lowest BCUT2D eigenvalue weighted by Gasteiger charge is -2.16. The second kappa shape index (κ2) is 8.47. The highest BCUT2D eigenvalue weighted by Crippen LogP contribution is 2.33. The zero-order valence-electron chi connectivity index (χ0n) is 11.9. The third kappa shape index (κ3) is 5.80. The van der Waals surface area contributed by atoms with Crippen molar-refractivity contribution in [2.24, 2.45) is 5.73 Å². The van der Waals surface area contributed by atoms with Crippen LogP contribution in [0.15, 0.2) is 0 Å². The zero-order chi connectivity index (χ0) is 16.7. The number of amidine groups is 1. The number of amides is 2. The molecule has 0 bridgehead atoms. The summed E-state index contributed by atoms with van der Waals surface area (Å²) in [4.78, 5) is 30.8. The van der Waals surface area contributed by atoms with Gasteiger partial charge in [0.1, 0.15) is 0 Å². The van der Waals surface area contributed by atoms with E-state index in [9.17, 15) is 14.4 Å². The fourth-order valence-corrected chi connectivity index (χ4v) is 3.81. The van der Waals surface area contributed by atoms with Crippen molar-refractivity contribution in [2.75, 3.05) is 5.75 Å². The molecule has 7 N–H and O–H groups in total. The Balaban J connectivity index is 0.000000346. The number of nitrogens with one attached hydrogen (secondary N) is 3. The molecule has 0 aromatic carbocycles. The summed E-state index contributed by atoms with van der Waals surface area (Å²) in [5, 5.41) is 28.5. The fourth-order valence-electron chi connectivity index (χ4n) is 2.26. The maximum Gasteiger partial charge on any atom is 0.370 e. The zero-order valence-corrected chi connectivity index (χ0v) is 12.7. The SMILES string of the molecule is N=C(N)C(=O)O.O=C1N[C@H]2[C@H](CS[C@H]2CCCC[14C](=O)O)N1. The van der Waals surface area contributed by atoms with Gasteiger partial charge in [0.05, 0.1) is 12.1 Å². The predicted octanol–water partition coefficient (Wildman–Crippen LogP) is -0.196. The van der Waals surface area contributed by atoms with Gasteiger partial charge in [-0.2, -0.15) is 11.8 Å². The molecule has 0 spiro atoms. The molecule has 22 heavy (non-hydrogen) atoms. The smallest absolute Gasteiger partial charge is 0.370 e. The molecule has 2 saturated heterocycles. The molecule has 2 amide bonds. The summed E-state index contributed by atoms with van der Waals surface area (Å²) in [5.74, 6) is -1.97. The van der Waals surface area contributed by atoms with Gasteiger partial charge in [0.2, 0.25) is 5.84 Å². The van der Waals surface area contributed by atoms with E-state index in [-0.39, 0.29) is 24.5 Å². The largest absolute Gasteiger partial charge is 0.481 e. The van der Waals surface area contributed by atoms with Crippen molar-refractivity contribution >= 4 is 35.6 Å². The number of aliphatic carboxylic acids is 2. The van der Waals surface area contributed by atoms with Gasteiger partial charge in [0.25, 0.3) is 0 Å². The molecule has 0 aliphatic carbocycles. The molecule has 0 aromatic heterocycles. The highest BCUT2D eigenvalue weighted by Gasteiger charge is 2.42. The second-order valence-electron chi connectivity index (χ2n) is 4.98. The Morgan fingerprint density at radius 2 is 2.09 bits per heavy atom. The summed E-state index contributed by atoms with van der Waals surface area (Å²) in [6, 6.07) is 0.440. The molecule has 124 valence electrons. The number of carboxylic acid groups (broad SMARTS) is 2. The van der Waals surface area contributed by atoms with Gasteiger partial charge in [-0.05, 0) is 12.8 Å². The first-order valence-electron chi connectivity index (χ1n) is 6.79. The van der Waals surface area contributed by atoms with Crippen LogP contribution in [0.2, 0.25) is 0 Å². The van der Waals surface area contributed by atoms with Gasteiger partial charge in [-0.3, -0.25) is 10.2 Å². The Bertz CT molecular complexity index is 447. The number of carbonyl (C=O) groups is 3. The van der Waals surface area contributed by atoms with E-state index in [0.717, 1.165) is 25.0 Å². The van der Waals surface area contributed by atoms with E-state index < -0.39 is 17.8 Å². The molecule has 10 heteroatoms. The standard InChI is InChI=1S/C10H16N2O3S.C2H4N2O2/c13-8(14)4-2-1-3-7-9-6(5-16-7)11-10(15)12-9;3-1(4)2(5)6/h6-7,9H,1-5H2,(H,13,14)(H2,11,12,15);(H3,3,4)(H,5,6)/t6-,7-,9-;/m0./s1/i8+2;. The predicted molar refractivity (Wildman–Crippen MR) is 81.1 cm³/mol. The van der Waals surface area contributed by atoms with Crippen LogP contribution in [0, 0.1) is 5.41 Å². The summed E-state index contributed by atoms with van der Waals surface area (Å²) in [7, 11) is 0. The number of unbranched alkanes of at least 4 members (excludes halogenated alkanes) is 1. The Morgan fingerprint density at radius 1 is 1.45 bits per heavy atom. The van der Waals surface area contributed by atoms with Gasteiger partial charge in [-0.15, -0.1) is 0 Å². The van der Waals surface area contributed by atoms with E-state index >= 15 is 0 Å². The molecule has 3 atom stereocenters. The normalized spacial score (nSPS) is 25.3. The summed E-state index contributed by atoms with van der Waals surface area (Å²) in [6.45, 7) is 0. The average Bonchev–Trinajstić information content (AvgIpc) is 2.95. The Hall–Kier alpha value is -1.97. The van der Waals surface area contributed by atoms with E-state index in [1.54, 1.807) is 0 Å². The lowest BCUT2D eigenvalue weighted by molar-refractivity contribution is -0.137. The molecule has 0 aromatic rings. The van der Waals surface area contributed by atoms with E-state index in [1.807, 2.05) is 11.8 Å². The minimum Gasteiger partial charge on any atom is -0.481 e. The number of nitrogens with two attached hydrogens (primary N) is 1. The lowest BCUT2D eigenvalue weighted by atomic mass is 10.0. The van der Waals surface area contributed by atoms with Crippen LogP contribution in [0.1, 0.15) is 25.7 Å². The van der Waals surface area contributed by atoms with Crippen LogP contribution in [0.5, 0.6) is 0 Å². The molecule has 2 aliphatic rings. The van der Waals surface area contributed by atoms with E-state index in [1.165, 1.54) is 0 Å². The summed E-state index contributed by atoms with van der Waals surface area (Å²) in [6.07, 6.45) is 2.88. The second-order valence-corrected chi connectivity index (χ2v) is 6.25. The molecular weight excluding hydrogens is 314 g/mol. The molecule has 2 aliphatic heterocycles. The molecule has 9 nitrogen and oxygen atoms in total. The fraction of sp³-hybridized carbons (Fsp3) is 0.667. The molecule has 2 fully saturated rings. The van der Waals surface area contributed by atoms with Gasteiger partial charge in [0.15, 0.2) is 0 Å². The van der Waals surface area contributed by atoms with Crippen molar-refractivity contribution in [2.45, 2.75) is 43.0 Å². The minimum absolute atomic E-state index is 0.0640. The average molecular weight is 334 g/mol. The van der Waals surface area contributed by atoms with E-state index in [2.05, 4.69) is 16.4 Å². The molecule has 0 radical (unpaired) electrons.